The molecule has 196 valence electrons. The number of amides is 2. The molecule has 0 saturated carbocycles. The number of nitrogens with one attached hydrogen (secondary N) is 1. The Bertz CT molecular complexity index is 1320. The first-order chi connectivity index (χ1) is 17.6. The Kier molecular flexibility index (Phi) is 7.17. The molecule has 4 rings (SSSR count). The van der Waals surface area contributed by atoms with Crippen molar-refractivity contribution in [2.75, 3.05) is 32.7 Å². The largest absolute Gasteiger partial charge is 0.497 e. The van der Waals surface area contributed by atoms with Gasteiger partial charge in [0.15, 0.2) is 0 Å². The van der Waals surface area contributed by atoms with Crippen molar-refractivity contribution in [3.05, 3.63) is 70.5 Å². The maximum atomic E-state index is 15.0. The van der Waals surface area contributed by atoms with Crippen molar-refractivity contribution in [3.63, 3.8) is 0 Å². The summed E-state index contributed by atoms with van der Waals surface area (Å²) in [5, 5.41) is 15.4. The van der Waals surface area contributed by atoms with Gasteiger partial charge < -0.3 is 29.3 Å². The second-order valence-electron chi connectivity index (χ2n) is 9.39. The molecule has 11 heteroatoms. The first-order valence-corrected chi connectivity index (χ1v) is 11.5. The molecule has 1 aliphatic heterocycles. The molecule has 0 radical (unpaired) electrons. The van der Waals surface area contributed by atoms with Gasteiger partial charge in [-0.3, -0.25) is 9.59 Å². The van der Waals surface area contributed by atoms with Crippen molar-refractivity contribution in [2.24, 2.45) is 0 Å². The second kappa shape index (κ2) is 10.2. The number of aromatic nitrogens is 1. The molecule has 37 heavy (non-hydrogen) atoms. The Labute approximate surface area is 212 Å². The molecule has 0 bridgehead atoms. The summed E-state index contributed by atoms with van der Waals surface area (Å²) in [6.07, 6.45) is 0.411. The van der Waals surface area contributed by atoms with E-state index in [1.165, 1.54) is 19.1 Å². The van der Waals surface area contributed by atoms with Crippen molar-refractivity contribution >= 4 is 17.5 Å². The number of carbonyl (C=O) groups excluding carboxylic acids is 2. The van der Waals surface area contributed by atoms with E-state index < -0.39 is 40.8 Å². The van der Waals surface area contributed by atoms with Crippen molar-refractivity contribution in [2.45, 2.75) is 31.7 Å². The van der Waals surface area contributed by atoms with Gasteiger partial charge in [-0.25, -0.2) is 8.78 Å². The van der Waals surface area contributed by atoms with Gasteiger partial charge in [-0.1, -0.05) is 19.9 Å². The van der Waals surface area contributed by atoms with Gasteiger partial charge in [-0.05, 0) is 47.0 Å². The van der Waals surface area contributed by atoms with E-state index in [1.807, 2.05) is 0 Å². The standard InChI is InChI=1S/C26H27F2N3O6/c1-26(2,13-35-3)22-18(27)10-15(11-19(22)28)29-24(33)23-17-6-5-16(36-4)9-14(17)7-8-31(23)25(34)20-12-21(32)30-37-20/h5-6,9-12,23H,7-8,13H2,1-4H3,(H,29,33)(H,30,32)/t23-/m1/s1. The average Bonchev–Trinajstić information content (AvgIpc) is 3.27. The van der Waals surface area contributed by atoms with Crippen LogP contribution in [0.5, 0.6) is 11.6 Å². The first-order valence-electron chi connectivity index (χ1n) is 11.5. The zero-order valence-corrected chi connectivity index (χ0v) is 20.8. The van der Waals surface area contributed by atoms with Crippen molar-refractivity contribution in [1.82, 2.24) is 10.1 Å². The highest BCUT2D eigenvalue weighted by Crippen LogP contribution is 2.36. The Hall–Kier alpha value is -3.99. The maximum Gasteiger partial charge on any atom is 0.293 e. The molecule has 1 aromatic heterocycles. The Morgan fingerprint density at radius 3 is 2.49 bits per heavy atom. The molecule has 0 aliphatic carbocycles. The second-order valence-corrected chi connectivity index (χ2v) is 9.39. The maximum absolute atomic E-state index is 15.0. The predicted molar refractivity (Wildman–Crippen MR) is 129 cm³/mol. The van der Waals surface area contributed by atoms with E-state index in [2.05, 4.69) is 10.5 Å². The number of rotatable bonds is 7. The number of fused-ring (bicyclic) bond motifs is 1. The molecule has 0 saturated heterocycles. The smallest absolute Gasteiger partial charge is 0.293 e. The summed E-state index contributed by atoms with van der Waals surface area (Å²) in [7, 11) is 2.96. The SMILES string of the molecule is COCC(C)(C)c1c(F)cc(NC(=O)[C@H]2c3ccc(OC)cc3CCN2C(=O)c2cc(O)no2)cc1F. The van der Waals surface area contributed by atoms with Crippen LogP contribution in [0.2, 0.25) is 0 Å². The van der Waals surface area contributed by atoms with Crippen LogP contribution in [0.1, 0.15) is 47.1 Å². The fourth-order valence-electron chi connectivity index (χ4n) is 4.68. The van der Waals surface area contributed by atoms with Crippen LogP contribution in [0, 0.1) is 11.6 Å². The summed E-state index contributed by atoms with van der Waals surface area (Å²) < 4.78 is 45.3. The van der Waals surface area contributed by atoms with Crippen molar-refractivity contribution in [3.8, 4) is 11.6 Å². The lowest BCUT2D eigenvalue weighted by atomic mass is 9.84. The monoisotopic (exact) mass is 515 g/mol. The highest BCUT2D eigenvalue weighted by atomic mass is 19.1. The summed E-state index contributed by atoms with van der Waals surface area (Å²) >= 11 is 0. The molecule has 2 amide bonds. The molecule has 2 aromatic carbocycles. The zero-order chi connectivity index (χ0) is 26.9. The van der Waals surface area contributed by atoms with Gasteiger partial charge in [0.1, 0.15) is 23.4 Å². The van der Waals surface area contributed by atoms with Crippen LogP contribution in [0.3, 0.4) is 0 Å². The van der Waals surface area contributed by atoms with Crippen LogP contribution in [-0.2, 0) is 21.4 Å². The minimum Gasteiger partial charge on any atom is -0.497 e. The number of anilines is 1. The van der Waals surface area contributed by atoms with Gasteiger partial charge in [0.05, 0.1) is 19.8 Å². The van der Waals surface area contributed by atoms with Gasteiger partial charge in [-0.15, -0.1) is 0 Å². The molecule has 1 atom stereocenters. The van der Waals surface area contributed by atoms with Crippen molar-refractivity contribution < 1.29 is 37.5 Å². The summed E-state index contributed by atoms with van der Waals surface area (Å²) in [5.41, 5.74) is 0.0729. The van der Waals surface area contributed by atoms with Crippen LogP contribution in [-0.4, -0.2) is 54.3 Å². The minimum atomic E-state index is -1.16. The number of ether oxygens (including phenoxy) is 2. The fraction of sp³-hybridized carbons (Fsp3) is 0.346. The third-order valence-electron chi connectivity index (χ3n) is 6.29. The van der Waals surface area contributed by atoms with E-state index in [1.54, 1.807) is 32.0 Å². The fourth-order valence-corrected chi connectivity index (χ4v) is 4.68. The van der Waals surface area contributed by atoms with Gasteiger partial charge in [0, 0.05) is 30.3 Å². The number of nitrogens with zero attached hydrogens (tertiary/aromatic N) is 2. The number of hydrogen-bond acceptors (Lipinski definition) is 7. The van der Waals surface area contributed by atoms with Crippen LogP contribution >= 0.6 is 0 Å². The van der Waals surface area contributed by atoms with Crippen LogP contribution in [0.4, 0.5) is 14.5 Å². The first kappa shape index (κ1) is 26.1. The third-order valence-corrected chi connectivity index (χ3v) is 6.29. The highest BCUT2D eigenvalue weighted by molar-refractivity contribution is 6.01. The summed E-state index contributed by atoms with van der Waals surface area (Å²) in [6.45, 7) is 3.51. The summed E-state index contributed by atoms with van der Waals surface area (Å²) in [6, 6.07) is 7.03. The minimum absolute atomic E-state index is 0.0864. The predicted octanol–water partition coefficient (Wildman–Crippen LogP) is 3.97. The molecular formula is C26H27F2N3O6. The van der Waals surface area contributed by atoms with Crippen molar-refractivity contribution in [1.29, 1.82) is 0 Å². The number of benzene rings is 2. The normalized spacial score (nSPS) is 15.3. The van der Waals surface area contributed by atoms with Gasteiger partial charge >= 0.3 is 0 Å². The molecule has 0 spiro atoms. The lowest BCUT2D eigenvalue weighted by Crippen LogP contribution is -2.45. The number of halogens is 2. The van der Waals surface area contributed by atoms with Gasteiger partial charge in [-0.2, -0.15) is 0 Å². The number of aromatic hydroxyl groups is 1. The molecule has 3 aromatic rings. The number of hydrogen-bond donors (Lipinski definition) is 2. The molecule has 9 nitrogen and oxygen atoms in total. The van der Waals surface area contributed by atoms with Crippen LogP contribution < -0.4 is 10.1 Å². The zero-order valence-electron chi connectivity index (χ0n) is 20.8. The Morgan fingerprint density at radius 1 is 1.19 bits per heavy atom. The molecule has 0 fully saturated rings. The molecule has 0 unspecified atom stereocenters. The lowest BCUT2D eigenvalue weighted by Gasteiger charge is -2.36. The van der Waals surface area contributed by atoms with E-state index in [0.29, 0.717) is 17.7 Å². The van der Waals surface area contributed by atoms with E-state index in [0.717, 1.165) is 23.8 Å². The quantitative estimate of drug-likeness (QED) is 0.489. The highest BCUT2D eigenvalue weighted by Gasteiger charge is 2.38. The van der Waals surface area contributed by atoms with Gasteiger partial charge in [0.2, 0.25) is 5.76 Å². The number of methoxy groups -OCH3 is 2. The third kappa shape index (κ3) is 5.12. The Balaban J connectivity index is 1.70. The van der Waals surface area contributed by atoms with Crippen LogP contribution in [0.15, 0.2) is 40.9 Å². The van der Waals surface area contributed by atoms with E-state index in [4.69, 9.17) is 14.0 Å². The Morgan fingerprint density at radius 2 is 1.89 bits per heavy atom. The number of carbonyl (C=O) groups is 2. The average molecular weight is 516 g/mol. The van der Waals surface area contributed by atoms with E-state index in [-0.39, 0.29) is 30.2 Å². The summed E-state index contributed by atoms with van der Waals surface area (Å²) in [5.74, 6) is -3.19. The van der Waals surface area contributed by atoms with E-state index >= 15 is 8.78 Å². The van der Waals surface area contributed by atoms with Gasteiger partial charge in [0.25, 0.3) is 17.7 Å². The topological polar surface area (TPSA) is 114 Å². The summed E-state index contributed by atoms with van der Waals surface area (Å²) in [4.78, 5) is 28.0. The molecule has 2 heterocycles. The molecular weight excluding hydrogens is 488 g/mol. The lowest BCUT2D eigenvalue weighted by molar-refractivity contribution is -0.121. The molecule has 1 aliphatic rings. The van der Waals surface area contributed by atoms with Crippen LogP contribution in [0.25, 0.3) is 0 Å². The molecule has 2 N–H and O–H groups in total. The van der Waals surface area contributed by atoms with E-state index in [9.17, 15) is 14.7 Å².